The van der Waals surface area contributed by atoms with Gasteiger partial charge in [0, 0.05) is 40.7 Å². The Kier molecular flexibility index (Phi) is 7.42. The van der Waals surface area contributed by atoms with Gasteiger partial charge in [-0.3, -0.25) is 4.79 Å². The van der Waals surface area contributed by atoms with Gasteiger partial charge in [0.05, 0.1) is 16.5 Å². The SMILES string of the molecule is O=C(Cc1c(Cl)cccc1Cl)N1CCN(S(=O)(=O)c2c(Cl)cc(Br)cc2Cl)CC1. The van der Waals surface area contributed by atoms with Gasteiger partial charge in [0.1, 0.15) is 4.90 Å². The fourth-order valence-corrected chi connectivity index (χ4v) is 6.88. The first-order valence-corrected chi connectivity index (χ1v) is 12.2. The quantitative estimate of drug-likeness (QED) is 0.520. The van der Waals surface area contributed by atoms with Crippen LogP contribution in [0.3, 0.4) is 0 Å². The van der Waals surface area contributed by atoms with Crippen LogP contribution < -0.4 is 0 Å². The second kappa shape index (κ2) is 9.30. The van der Waals surface area contributed by atoms with E-state index in [9.17, 15) is 13.2 Å². The van der Waals surface area contributed by atoms with Crippen molar-refractivity contribution < 1.29 is 13.2 Å². The molecular formula is C18H15BrCl4N2O3S. The second-order valence-corrected chi connectivity index (χ2v) is 10.8. The van der Waals surface area contributed by atoms with Crippen molar-refractivity contribution in [1.29, 1.82) is 0 Å². The van der Waals surface area contributed by atoms with Crippen LogP contribution in [0.1, 0.15) is 5.56 Å². The monoisotopic (exact) mass is 558 g/mol. The molecular weight excluding hydrogens is 546 g/mol. The summed E-state index contributed by atoms with van der Waals surface area (Å²) in [5.41, 5.74) is 0.560. The molecule has 0 aromatic heterocycles. The molecule has 0 spiro atoms. The first-order chi connectivity index (χ1) is 13.6. The minimum atomic E-state index is -3.89. The molecule has 29 heavy (non-hydrogen) atoms. The van der Waals surface area contributed by atoms with E-state index in [4.69, 9.17) is 46.4 Å². The molecule has 0 N–H and O–H groups in total. The Labute approximate surface area is 197 Å². The summed E-state index contributed by atoms with van der Waals surface area (Å²) in [5.74, 6) is -0.170. The largest absolute Gasteiger partial charge is 0.340 e. The first-order valence-electron chi connectivity index (χ1n) is 8.46. The van der Waals surface area contributed by atoms with Crippen molar-refractivity contribution >= 4 is 78.3 Å². The molecule has 0 atom stereocenters. The molecule has 1 saturated heterocycles. The molecule has 5 nitrogen and oxygen atoms in total. The highest BCUT2D eigenvalue weighted by Gasteiger charge is 2.33. The van der Waals surface area contributed by atoms with Gasteiger partial charge in [0.15, 0.2) is 0 Å². The van der Waals surface area contributed by atoms with E-state index in [1.165, 1.54) is 16.4 Å². The van der Waals surface area contributed by atoms with Crippen molar-refractivity contribution in [3.8, 4) is 0 Å². The molecule has 0 unspecified atom stereocenters. The molecule has 0 bridgehead atoms. The average Bonchev–Trinajstić information content (AvgIpc) is 2.63. The zero-order chi connectivity index (χ0) is 21.3. The summed E-state index contributed by atoms with van der Waals surface area (Å²) in [6.07, 6.45) is 0.0512. The maximum absolute atomic E-state index is 13.0. The number of rotatable bonds is 4. The Balaban J connectivity index is 1.71. The van der Waals surface area contributed by atoms with Crippen LogP contribution in [0.5, 0.6) is 0 Å². The third-order valence-corrected chi connectivity index (χ3v) is 8.53. The Bertz CT molecular complexity index is 1010. The van der Waals surface area contributed by atoms with E-state index in [0.29, 0.717) is 20.1 Å². The third-order valence-electron chi connectivity index (χ3n) is 4.54. The summed E-state index contributed by atoms with van der Waals surface area (Å²) in [4.78, 5) is 14.1. The number of hydrogen-bond donors (Lipinski definition) is 0. The van der Waals surface area contributed by atoms with E-state index in [1.807, 2.05) is 0 Å². The van der Waals surface area contributed by atoms with Gasteiger partial charge >= 0.3 is 0 Å². The molecule has 1 fully saturated rings. The van der Waals surface area contributed by atoms with Gasteiger partial charge in [-0.25, -0.2) is 8.42 Å². The van der Waals surface area contributed by atoms with Gasteiger partial charge < -0.3 is 4.90 Å². The molecule has 156 valence electrons. The van der Waals surface area contributed by atoms with Crippen molar-refractivity contribution in [2.75, 3.05) is 26.2 Å². The number of carbonyl (C=O) groups is 1. The number of benzene rings is 2. The highest BCUT2D eigenvalue weighted by molar-refractivity contribution is 9.10. The van der Waals surface area contributed by atoms with Crippen LogP contribution in [0, 0.1) is 0 Å². The van der Waals surface area contributed by atoms with Crippen molar-refractivity contribution in [3.05, 3.63) is 60.5 Å². The predicted octanol–water partition coefficient (Wildman–Crippen LogP) is 5.14. The summed E-state index contributed by atoms with van der Waals surface area (Å²) in [6, 6.07) is 8.01. The van der Waals surface area contributed by atoms with Crippen molar-refractivity contribution in [2.45, 2.75) is 11.3 Å². The van der Waals surface area contributed by atoms with E-state index in [2.05, 4.69) is 15.9 Å². The summed E-state index contributed by atoms with van der Waals surface area (Å²) in [7, 11) is -3.89. The lowest BCUT2D eigenvalue weighted by molar-refractivity contribution is -0.131. The zero-order valence-electron chi connectivity index (χ0n) is 14.8. The number of piperazine rings is 1. The molecule has 0 radical (unpaired) electrons. The molecule has 0 saturated carbocycles. The fraction of sp³-hybridized carbons (Fsp3) is 0.278. The fourth-order valence-electron chi connectivity index (χ4n) is 3.05. The lowest BCUT2D eigenvalue weighted by atomic mass is 10.1. The van der Waals surface area contributed by atoms with E-state index in [1.54, 1.807) is 23.1 Å². The van der Waals surface area contributed by atoms with Crippen LogP contribution in [-0.2, 0) is 21.2 Å². The standard InChI is InChI=1S/C18H15BrCl4N2O3S/c19-11-8-15(22)18(16(23)9-11)29(27,28)25-6-4-24(5-7-25)17(26)10-12-13(20)2-1-3-14(12)21/h1-3,8-9H,4-7,10H2. The summed E-state index contributed by atoms with van der Waals surface area (Å²) < 4.78 is 27.9. The lowest BCUT2D eigenvalue weighted by Gasteiger charge is -2.34. The molecule has 2 aromatic carbocycles. The zero-order valence-corrected chi connectivity index (χ0v) is 20.3. The Morgan fingerprint density at radius 1 is 0.931 bits per heavy atom. The van der Waals surface area contributed by atoms with Gasteiger partial charge in [-0.2, -0.15) is 4.31 Å². The number of hydrogen-bond acceptors (Lipinski definition) is 3. The number of nitrogens with zero attached hydrogens (tertiary/aromatic N) is 2. The average molecular weight is 561 g/mol. The van der Waals surface area contributed by atoms with E-state index >= 15 is 0 Å². The predicted molar refractivity (Wildman–Crippen MR) is 120 cm³/mol. The molecule has 0 aliphatic carbocycles. The van der Waals surface area contributed by atoms with Crippen LogP contribution in [0.4, 0.5) is 0 Å². The van der Waals surface area contributed by atoms with E-state index in [-0.39, 0.29) is 53.4 Å². The topological polar surface area (TPSA) is 57.7 Å². The Morgan fingerprint density at radius 3 is 1.97 bits per heavy atom. The normalized spacial score (nSPS) is 15.6. The Hall–Kier alpha value is -0.540. The molecule has 1 amide bonds. The number of halogens is 5. The van der Waals surface area contributed by atoms with Gasteiger partial charge in [0.25, 0.3) is 0 Å². The number of sulfonamides is 1. The molecule has 2 aromatic rings. The molecule has 1 aliphatic rings. The highest BCUT2D eigenvalue weighted by atomic mass is 79.9. The van der Waals surface area contributed by atoms with E-state index in [0.717, 1.165) is 0 Å². The minimum absolute atomic E-state index is 0.0382. The lowest BCUT2D eigenvalue weighted by Crippen LogP contribution is -2.51. The number of carbonyl (C=O) groups excluding carboxylic acids is 1. The summed E-state index contributed by atoms with van der Waals surface area (Å²) in [6.45, 7) is 0.748. The minimum Gasteiger partial charge on any atom is -0.340 e. The first kappa shape index (κ1) is 23.1. The van der Waals surface area contributed by atoms with Gasteiger partial charge in [-0.15, -0.1) is 0 Å². The van der Waals surface area contributed by atoms with Gasteiger partial charge in [-0.1, -0.05) is 68.4 Å². The second-order valence-electron chi connectivity index (χ2n) is 6.36. The third kappa shape index (κ3) is 5.03. The number of amides is 1. The van der Waals surface area contributed by atoms with E-state index < -0.39 is 10.0 Å². The van der Waals surface area contributed by atoms with Crippen LogP contribution in [-0.4, -0.2) is 49.7 Å². The summed E-state index contributed by atoms with van der Waals surface area (Å²) in [5, 5.41) is 0.922. The smallest absolute Gasteiger partial charge is 0.246 e. The Morgan fingerprint density at radius 2 is 1.45 bits per heavy atom. The molecule has 11 heteroatoms. The molecule has 1 aliphatic heterocycles. The van der Waals surface area contributed by atoms with Crippen molar-refractivity contribution in [1.82, 2.24) is 9.21 Å². The van der Waals surface area contributed by atoms with Gasteiger partial charge in [0.2, 0.25) is 15.9 Å². The van der Waals surface area contributed by atoms with Gasteiger partial charge in [-0.05, 0) is 29.8 Å². The van der Waals surface area contributed by atoms with Crippen molar-refractivity contribution in [3.63, 3.8) is 0 Å². The van der Waals surface area contributed by atoms with Crippen LogP contribution >= 0.6 is 62.3 Å². The maximum atomic E-state index is 13.0. The summed E-state index contributed by atoms with van der Waals surface area (Å²) >= 11 is 27.8. The van der Waals surface area contributed by atoms with Crippen molar-refractivity contribution in [2.24, 2.45) is 0 Å². The molecule has 3 rings (SSSR count). The maximum Gasteiger partial charge on any atom is 0.246 e. The molecule has 1 heterocycles. The highest BCUT2D eigenvalue weighted by Crippen LogP contribution is 2.35. The van der Waals surface area contributed by atoms with Crippen LogP contribution in [0.15, 0.2) is 39.7 Å². The van der Waals surface area contributed by atoms with Crippen LogP contribution in [0.25, 0.3) is 0 Å². The van der Waals surface area contributed by atoms with Crippen LogP contribution in [0.2, 0.25) is 20.1 Å².